The summed E-state index contributed by atoms with van der Waals surface area (Å²) in [5.74, 6) is 1.68. The molecule has 2 nitrogen and oxygen atoms in total. The number of nitrogens with zero attached hydrogens (tertiary/aromatic N) is 2. The molecule has 0 bridgehead atoms. The Morgan fingerprint density at radius 1 is 0.651 bits per heavy atom. The number of fused-ring (bicyclic) bond motifs is 2. The highest BCUT2D eigenvalue weighted by molar-refractivity contribution is 7.17. The zero-order chi connectivity index (χ0) is 29.5. The van der Waals surface area contributed by atoms with E-state index in [2.05, 4.69) is 153 Å². The van der Waals surface area contributed by atoms with Gasteiger partial charge in [-0.3, -0.25) is 4.57 Å². The lowest BCUT2D eigenvalue weighted by molar-refractivity contribution is 0.812. The molecule has 2 aromatic heterocycles. The number of benzene rings is 5. The topological polar surface area (TPSA) is 17.8 Å². The molecule has 0 aliphatic carbocycles. The molecule has 0 saturated heterocycles. The van der Waals surface area contributed by atoms with Crippen molar-refractivity contribution in [2.24, 2.45) is 0 Å². The second-order valence-electron chi connectivity index (χ2n) is 12.1. The molecule has 0 N–H and O–H groups in total. The van der Waals surface area contributed by atoms with Crippen LogP contribution in [0.1, 0.15) is 61.8 Å². The Bertz CT molecular complexity index is 2020. The van der Waals surface area contributed by atoms with Crippen LogP contribution >= 0.6 is 11.3 Å². The van der Waals surface area contributed by atoms with Gasteiger partial charge in [-0.1, -0.05) is 107 Å². The Labute approximate surface area is 258 Å². The molecule has 0 atom stereocenters. The first-order chi connectivity index (χ1) is 21.0. The van der Waals surface area contributed by atoms with Crippen LogP contribution in [-0.2, 0) is 6.42 Å². The second kappa shape index (κ2) is 11.3. The predicted octanol–water partition coefficient (Wildman–Crippen LogP) is 11.4. The summed E-state index contributed by atoms with van der Waals surface area (Å²) in [6.45, 7) is 9.25. The fourth-order valence-corrected chi connectivity index (χ4v) is 7.16. The molecular formula is C40H36N2S. The summed E-state index contributed by atoms with van der Waals surface area (Å²) in [6.07, 6.45) is 0.915. The quantitative estimate of drug-likeness (QED) is 0.184. The normalized spacial score (nSPS) is 11.8. The van der Waals surface area contributed by atoms with Gasteiger partial charge in [0.15, 0.2) is 0 Å². The minimum atomic E-state index is 0.335. The van der Waals surface area contributed by atoms with Gasteiger partial charge in [0.2, 0.25) is 0 Å². The van der Waals surface area contributed by atoms with Gasteiger partial charge in [0.05, 0.1) is 16.7 Å². The Morgan fingerprint density at radius 2 is 1.30 bits per heavy atom. The highest BCUT2D eigenvalue weighted by Crippen LogP contribution is 2.42. The summed E-state index contributed by atoms with van der Waals surface area (Å²) in [5.41, 5.74) is 12.5. The lowest BCUT2D eigenvalue weighted by Gasteiger charge is -2.24. The summed E-state index contributed by atoms with van der Waals surface area (Å²) in [4.78, 5) is 5.35. The number of aromatic nitrogens is 2. The third-order valence-electron chi connectivity index (χ3n) is 8.43. The molecule has 0 aliphatic heterocycles. The van der Waals surface area contributed by atoms with Crippen molar-refractivity contribution in [2.75, 3.05) is 0 Å². The summed E-state index contributed by atoms with van der Waals surface area (Å²) in [5, 5.41) is 3.57. The van der Waals surface area contributed by atoms with Crippen LogP contribution in [0.3, 0.4) is 0 Å². The smallest absolute Gasteiger partial charge is 0.147 e. The standard InChI is InChI=1S/C40H36N2S/c1-26(2)32-23-31(30-15-9-6-10-16-30)24-33(27(3)4)39(32)42-37-18-12-11-17-36(37)41-40(42)35-25-43-38-20-19-29(22-34(35)38)21-28-13-7-5-8-14-28/h5-20,22-27H,21H2,1-4H3. The SMILES string of the molecule is CC(C)c1cc(-c2ccccc2)cc(C(C)C)c1-n1c(-c2csc3ccc(Cc4ccccc4)cc23)nc2ccccc21. The van der Waals surface area contributed by atoms with Crippen LogP contribution in [0.4, 0.5) is 0 Å². The van der Waals surface area contributed by atoms with Crippen LogP contribution in [0.15, 0.2) is 121 Å². The zero-order valence-corrected chi connectivity index (χ0v) is 26.0. The van der Waals surface area contributed by atoms with Gasteiger partial charge < -0.3 is 0 Å². The third kappa shape index (κ3) is 5.08. The van der Waals surface area contributed by atoms with Crippen molar-refractivity contribution >= 4 is 32.5 Å². The summed E-state index contributed by atoms with van der Waals surface area (Å²) in [7, 11) is 0. The predicted molar refractivity (Wildman–Crippen MR) is 185 cm³/mol. The first-order valence-corrected chi connectivity index (χ1v) is 16.1. The first-order valence-electron chi connectivity index (χ1n) is 15.2. The van der Waals surface area contributed by atoms with E-state index in [9.17, 15) is 0 Å². The minimum absolute atomic E-state index is 0.335. The van der Waals surface area contributed by atoms with Crippen molar-refractivity contribution in [1.82, 2.24) is 9.55 Å². The molecule has 3 heteroatoms. The molecule has 0 radical (unpaired) electrons. The number of thiophene rings is 1. The molecule has 0 fully saturated rings. The van der Waals surface area contributed by atoms with Crippen LogP contribution in [0, 0.1) is 0 Å². The molecule has 7 aromatic rings. The van der Waals surface area contributed by atoms with Crippen LogP contribution in [-0.4, -0.2) is 9.55 Å². The Hall–Kier alpha value is -4.47. The maximum Gasteiger partial charge on any atom is 0.147 e. The van der Waals surface area contributed by atoms with E-state index in [0.717, 1.165) is 23.3 Å². The van der Waals surface area contributed by atoms with E-state index in [1.54, 1.807) is 11.3 Å². The fraction of sp³-hybridized carbons (Fsp3) is 0.175. The monoisotopic (exact) mass is 576 g/mol. The van der Waals surface area contributed by atoms with Crippen molar-refractivity contribution in [3.8, 4) is 28.2 Å². The van der Waals surface area contributed by atoms with Gasteiger partial charge in [0.25, 0.3) is 0 Å². The zero-order valence-electron chi connectivity index (χ0n) is 25.2. The van der Waals surface area contributed by atoms with Crippen LogP contribution in [0.25, 0.3) is 49.3 Å². The Balaban J connectivity index is 1.49. The molecule has 0 aliphatic rings. The largest absolute Gasteiger partial charge is 0.292 e. The number of hydrogen-bond acceptors (Lipinski definition) is 2. The van der Waals surface area contributed by atoms with Gasteiger partial charge in [-0.2, -0.15) is 0 Å². The number of imidazole rings is 1. The van der Waals surface area contributed by atoms with E-state index in [0.29, 0.717) is 11.8 Å². The number of para-hydroxylation sites is 2. The highest BCUT2D eigenvalue weighted by Gasteiger charge is 2.24. The lowest BCUT2D eigenvalue weighted by Crippen LogP contribution is -2.09. The van der Waals surface area contributed by atoms with Crippen molar-refractivity contribution in [2.45, 2.75) is 46.0 Å². The average Bonchev–Trinajstić information content (AvgIpc) is 3.62. The Kier molecular flexibility index (Phi) is 7.20. The maximum absolute atomic E-state index is 5.35. The number of hydrogen-bond donors (Lipinski definition) is 0. The summed E-state index contributed by atoms with van der Waals surface area (Å²) < 4.78 is 3.75. The van der Waals surface area contributed by atoms with Gasteiger partial charge >= 0.3 is 0 Å². The average molecular weight is 577 g/mol. The highest BCUT2D eigenvalue weighted by atomic mass is 32.1. The van der Waals surface area contributed by atoms with Crippen molar-refractivity contribution in [3.63, 3.8) is 0 Å². The molecule has 0 unspecified atom stereocenters. The maximum atomic E-state index is 5.35. The molecular weight excluding hydrogens is 541 g/mol. The molecule has 0 spiro atoms. The number of rotatable bonds is 7. The van der Waals surface area contributed by atoms with Crippen molar-refractivity contribution in [1.29, 1.82) is 0 Å². The lowest BCUT2D eigenvalue weighted by atomic mass is 9.88. The molecule has 5 aromatic carbocycles. The molecule has 2 heterocycles. The summed E-state index contributed by atoms with van der Waals surface area (Å²) in [6, 6.07) is 41.8. The fourth-order valence-electron chi connectivity index (χ4n) is 6.24. The molecule has 7 rings (SSSR count). The van der Waals surface area contributed by atoms with Crippen LogP contribution in [0.2, 0.25) is 0 Å². The molecule has 0 amide bonds. The van der Waals surface area contributed by atoms with Crippen molar-refractivity contribution in [3.05, 3.63) is 143 Å². The molecule has 43 heavy (non-hydrogen) atoms. The van der Waals surface area contributed by atoms with Crippen molar-refractivity contribution < 1.29 is 0 Å². The van der Waals surface area contributed by atoms with Gasteiger partial charge in [0, 0.05) is 21.0 Å². The van der Waals surface area contributed by atoms with Gasteiger partial charge in [-0.05, 0) is 88.0 Å². The van der Waals surface area contributed by atoms with Crippen LogP contribution < -0.4 is 0 Å². The molecule has 212 valence electrons. The van der Waals surface area contributed by atoms with Crippen LogP contribution in [0.5, 0.6) is 0 Å². The van der Waals surface area contributed by atoms with E-state index in [4.69, 9.17) is 4.98 Å². The Morgan fingerprint density at radius 3 is 2.00 bits per heavy atom. The molecule has 0 saturated carbocycles. The van der Waals surface area contributed by atoms with E-state index < -0.39 is 0 Å². The van der Waals surface area contributed by atoms with Gasteiger partial charge in [0.1, 0.15) is 5.82 Å². The first kappa shape index (κ1) is 27.4. The van der Waals surface area contributed by atoms with E-state index in [-0.39, 0.29) is 0 Å². The summed E-state index contributed by atoms with van der Waals surface area (Å²) >= 11 is 1.80. The van der Waals surface area contributed by atoms with Gasteiger partial charge in [-0.15, -0.1) is 11.3 Å². The van der Waals surface area contributed by atoms with E-state index in [1.165, 1.54) is 54.7 Å². The minimum Gasteiger partial charge on any atom is -0.292 e. The van der Waals surface area contributed by atoms with E-state index in [1.807, 2.05) is 0 Å². The van der Waals surface area contributed by atoms with Gasteiger partial charge in [-0.25, -0.2) is 4.98 Å². The second-order valence-corrected chi connectivity index (χ2v) is 13.0. The van der Waals surface area contributed by atoms with E-state index >= 15 is 0 Å². The third-order valence-corrected chi connectivity index (χ3v) is 9.40.